The molecule has 20 heavy (non-hydrogen) atoms. The topological polar surface area (TPSA) is 68.0 Å². The molecular weight excluding hydrogens is 250 g/mol. The summed E-state index contributed by atoms with van der Waals surface area (Å²) in [4.78, 5) is 15.7. The van der Waals surface area contributed by atoms with Crippen molar-refractivity contribution in [1.82, 2.24) is 10.3 Å². The maximum Gasteiger partial charge on any atom is 0.244 e. The highest BCUT2D eigenvalue weighted by atomic mass is 16.1. The lowest BCUT2D eigenvalue weighted by molar-refractivity contribution is -0.116. The Labute approximate surface area is 118 Å². The Bertz CT molecular complexity index is 594. The highest BCUT2D eigenvalue weighted by molar-refractivity contribution is 5.91. The number of hydrogen-bond acceptors (Lipinski definition) is 3. The number of nitrogens with zero attached hydrogens (tertiary/aromatic N) is 1. The second-order valence-electron chi connectivity index (χ2n) is 4.41. The van der Waals surface area contributed by atoms with Crippen molar-refractivity contribution >= 4 is 17.7 Å². The smallest absolute Gasteiger partial charge is 0.244 e. The third-order valence-corrected chi connectivity index (χ3v) is 2.77. The lowest BCUT2D eigenvalue weighted by Crippen LogP contribution is -2.23. The molecule has 0 atom stereocenters. The zero-order chi connectivity index (χ0) is 14.2. The van der Waals surface area contributed by atoms with Crippen LogP contribution in [-0.2, 0) is 11.2 Å². The summed E-state index contributed by atoms with van der Waals surface area (Å²) in [6, 6.07) is 11.3. The van der Waals surface area contributed by atoms with E-state index in [9.17, 15) is 4.79 Å². The normalized spacial score (nSPS) is 10.6. The standard InChI is InChI=1S/C16H17N3O/c17-15-5-1-3-13(11-15)6-7-16(20)19-10-8-14-4-2-9-18-12-14/h1-7,9,11-12H,8,10,17H2,(H,19,20)/b7-6+. The minimum Gasteiger partial charge on any atom is -0.399 e. The summed E-state index contributed by atoms with van der Waals surface area (Å²) < 4.78 is 0. The zero-order valence-electron chi connectivity index (χ0n) is 11.1. The number of pyridine rings is 1. The van der Waals surface area contributed by atoms with Gasteiger partial charge in [-0.1, -0.05) is 18.2 Å². The van der Waals surface area contributed by atoms with Crippen molar-refractivity contribution in [3.63, 3.8) is 0 Å². The van der Waals surface area contributed by atoms with Gasteiger partial charge in [0, 0.05) is 30.7 Å². The fourth-order valence-electron chi connectivity index (χ4n) is 1.77. The molecule has 0 aliphatic carbocycles. The number of benzene rings is 1. The molecule has 0 unspecified atom stereocenters. The average molecular weight is 267 g/mol. The van der Waals surface area contributed by atoms with Gasteiger partial charge in [0.15, 0.2) is 0 Å². The summed E-state index contributed by atoms with van der Waals surface area (Å²) >= 11 is 0. The van der Waals surface area contributed by atoms with Crippen LogP contribution in [-0.4, -0.2) is 17.4 Å². The molecule has 1 aromatic heterocycles. The van der Waals surface area contributed by atoms with E-state index in [-0.39, 0.29) is 5.91 Å². The van der Waals surface area contributed by atoms with Gasteiger partial charge in [0.1, 0.15) is 0 Å². The van der Waals surface area contributed by atoms with E-state index >= 15 is 0 Å². The monoisotopic (exact) mass is 267 g/mol. The Balaban J connectivity index is 1.78. The molecule has 4 nitrogen and oxygen atoms in total. The maximum atomic E-state index is 11.6. The molecule has 0 spiro atoms. The molecule has 0 aliphatic rings. The molecule has 2 rings (SSSR count). The summed E-state index contributed by atoms with van der Waals surface area (Å²) in [6.45, 7) is 0.589. The third-order valence-electron chi connectivity index (χ3n) is 2.77. The summed E-state index contributed by atoms with van der Waals surface area (Å²) in [6.07, 6.45) is 7.56. The van der Waals surface area contributed by atoms with Crippen LogP contribution in [0.15, 0.2) is 54.9 Å². The second kappa shape index (κ2) is 7.09. The van der Waals surface area contributed by atoms with Crippen LogP contribution in [0.2, 0.25) is 0 Å². The number of carbonyl (C=O) groups is 1. The fourth-order valence-corrected chi connectivity index (χ4v) is 1.77. The Morgan fingerprint density at radius 3 is 2.95 bits per heavy atom. The van der Waals surface area contributed by atoms with Crippen LogP contribution < -0.4 is 11.1 Å². The highest BCUT2D eigenvalue weighted by Gasteiger charge is 1.96. The number of nitrogens with one attached hydrogen (secondary N) is 1. The molecule has 0 fully saturated rings. The Morgan fingerprint density at radius 2 is 2.20 bits per heavy atom. The van der Waals surface area contributed by atoms with Crippen molar-refractivity contribution in [2.24, 2.45) is 0 Å². The molecule has 0 radical (unpaired) electrons. The lowest BCUT2D eigenvalue weighted by atomic mass is 10.2. The van der Waals surface area contributed by atoms with Gasteiger partial charge in [-0.2, -0.15) is 0 Å². The minimum absolute atomic E-state index is 0.115. The molecule has 1 amide bonds. The van der Waals surface area contributed by atoms with Gasteiger partial charge in [0.25, 0.3) is 0 Å². The fraction of sp³-hybridized carbons (Fsp3) is 0.125. The van der Waals surface area contributed by atoms with Gasteiger partial charge in [-0.05, 0) is 41.8 Å². The molecule has 3 N–H and O–H groups in total. The van der Waals surface area contributed by atoms with Crippen LogP contribution in [0.3, 0.4) is 0 Å². The van der Waals surface area contributed by atoms with E-state index in [1.165, 1.54) is 6.08 Å². The maximum absolute atomic E-state index is 11.6. The summed E-state index contributed by atoms with van der Waals surface area (Å²) in [5.41, 5.74) is 8.37. The second-order valence-corrected chi connectivity index (χ2v) is 4.41. The number of nitrogens with two attached hydrogens (primary N) is 1. The highest BCUT2D eigenvalue weighted by Crippen LogP contribution is 2.07. The van der Waals surface area contributed by atoms with Gasteiger partial charge >= 0.3 is 0 Å². The number of nitrogen functional groups attached to an aromatic ring is 1. The van der Waals surface area contributed by atoms with Crippen molar-refractivity contribution in [2.45, 2.75) is 6.42 Å². The number of carbonyl (C=O) groups excluding carboxylic acids is 1. The lowest BCUT2D eigenvalue weighted by Gasteiger charge is -2.02. The number of amides is 1. The Kier molecular flexibility index (Phi) is 4.89. The third kappa shape index (κ3) is 4.57. The summed E-state index contributed by atoms with van der Waals surface area (Å²) in [5.74, 6) is -0.115. The van der Waals surface area contributed by atoms with Gasteiger partial charge in [0.2, 0.25) is 5.91 Å². The SMILES string of the molecule is Nc1cccc(/C=C/C(=O)NCCc2cccnc2)c1. The quantitative estimate of drug-likeness (QED) is 0.643. The largest absolute Gasteiger partial charge is 0.399 e. The Hall–Kier alpha value is -2.62. The van der Waals surface area contributed by atoms with E-state index < -0.39 is 0 Å². The molecule has 0 saturated carbocycles. The first-order chi connectivity index (χ1) is 9.74. The van der Waals surface area contributed by atoms with Crippen molar-refractivity contribution in [1.29, 1.82) is 0 Å². The number of aromatic nitrogens is 1. The van der Waals surface area contributed by atoms with Crippen LogP contribution in [0.1, 0.15) is 11.1 Å². The van der Waals surface area contributed by atoms with Gasteiger partial charge < -0.3 is 11.1 Å². The van der Waals surface area contributed by atoms with E-state index in [0.29, 0.717) is 12.2 Å². The number of rotatable bonds is 5. The first-order valence-corrected chi connectivity index (χ1v) is 6.44. The molecule has 0 aliphatic heterocycles. The average Bonchev–Trinajstić information content (AvgIpc) is 2.46. The molecule has 0 saturated heterocycles. The van der Waals surface area contributed by atoms with Gasteiger partial charge in [-0.15, -0.1) is 0 Å². The van der Waals surface area contributed by atoms with Crippen molar-refractivity contribution in [3.05, 3.63) is 66.0 Å². The van der Waals surface area contributed by atoms with Crippen LogP contribution in [0, 0.1) is 0 Å². The molecule has 2 aromatic rings. The van der Waals surface area contributed by atoms with Crippen molar-refractivity contribution in [2.75, 3.05) is 12.3 Å². The van der Waals surface area contributed by atoms with Crippen molar-refractivity contribution < 1.29 is 4.79 Å². The minimum atomic E-state index is -0.115. The Morgan fingerprint density at radius 1 is 1.30 bits per heavy atom. The van der Waals surface area contributed by atoms with E-state index in [1.807, 2.05) is 36.4 Å². The summed E-state index contributed by atoms with van der Waals surface area (Å²) in [7, 11) is 0. The number of hydrogen-bond donors (Lipinski definition) is 2. The van der Waals surface area contributed by atoms with E-state index in [0.717, 1.165) is 17.5 Å². The summed E-state index contributed by atoms with van der Waals surface area (Å²) in [5, 5.41) is 2.83. The van der Waals surface area contributed by atoms with Crippen LogP contribution in [0.4, 0.5) is 5.69 Å². The zero-order valence-corrected chi connectivity index (χ0v) is 11.1. The molecule has 1 aromatic carbocycles. The molecular formula is C16H17N3O. The van der Waals surface area contributed by atoms with Gasteiger partial charge in [0.05, 0.1) is 0 Å². The van der Waals surface area contributed by atoms with Crippen LogP contribution >= 0.6 is 0 Å². The first kappa shape index (κ1) is 13.8. The predicted molar refractivity (Wildman–Crippen MR) is 80.8 cm³/mol. The van der Waals surface area contributed by atoms with E-state index in [1.54, 1.807) is 18.5 Å². The molecule has 1 heterocycles. The molecule has 102 valence electrons. The predicted octanol–water partition coefficient (Wildman–Crippen LogP) is 2.04. The van der Waals surface area contributed by atoms with E-state index in [2.05, 4.69) is 10.3 Å². The molecule has 0 bridgehead atoms. The molecule has 4 heteroatoms. The van der Waals surface area contributed by atoms with Crippen molar-refractivity contribution in [3.8, 4) is 0 Å². The first-order valence-electron chi connectivity index (χ1n) is 6.44. The van der Waals surface area contributed by atoms with Gasteiger partial charge in [-0.3, -0.25) is 9.78 Å². The van der Waals surface area contributed by atoms with Gasteiger partial charge in [-0.25, -0.2) is 0 Å². The van der Waals surface area contributed by atoms with Crippen LogP contribution in [0.5, 0.6) is 0 Å². The van der Waals surface area contributed by atoms with E-state index in [4.69, 9.17) is 5.73 Å². The number of anilines is 1. The van der Waals surface area contributed by atoms with Crippen LogP contribution in [0.25, 0.3) is 6.08 Å².